The molecular formula is C15H15BrN2O5S. The number of anilines is 1. The van der Waals surface area contributed by atoms with Crippen molar-refractivity contribution in [2.75, 3.05) is 18.5 Å². The van der Waals surface area contributed by atoms with E-state index >= 15 is 0 Å². The Hall–Kier alpha value is -2.10. The molecule has 0 aliphatic rings. The normalized spacial score (nSPS) is 10.9. The fourth-order valence-electron chi connectivity index (χ4n) is 1.71. The third-order valence-electron chi connectivity index (χ3n) is 2.79. The zero-order valence-electron chi connectivity index (χ0n) is 12.4. The maximum Gasteiger partial charge on any atom is 0.528 e. The number of ether oxygens (including phenoxy) is 1. The van der Waals surface area contributed by atoms with Gasteiger partial charge in [0, 0.05) is 16.7 Å². The molecule has 0 saturated heterocycles. The molecule has 0 heterocycles. The van der Waals surface area contributed by atoms with E-state index in [0.717, 1.165) is 5.69 Å². The van der Waals surface area contributed by atoms with Crippen LogP contribution >= 0.6 is 15.9 Å². The molecule has 2 aromatic carbocycles. The lowest BCUT2D eigenvalue weighted by Gasteiger charge is -2.09. The topological polar surface area (TPSA) is 93.7 Å². The third-order valence-corrected chi connectivity index (χ3v) is 4.98. The van der Waals surface area contributed by atoms with Crippen molar-refractivity contribution in [3.05, 3.63) is 59.1 Å². The highest BCUT2D eigenvalue weighted by molar-refractivity contribution is 9.10. The summed E-state index contributed by atoms with van der Waals surface area (Å²) in [6, 6.07) is 15.5. The maximum atomic E-state index is 12.0. The van der Waals surface area contributed by atoms with E-state index in [4.69, 9.17) is 4.74 Å². The van der Waals surface area contributed by atoms with Gasteiger partial charge in [0.1, 0.15) is 6.61 Å². The number of rotatable bonds is 7. The predicted molar refractivity (Wildman–Crippen MR) is 91.8 cm³/mol. The lowest BCUT2D eigenvalue weighted by Crippen LogP contribution is -2.28. The molecule has 2 N–H and O–H groups in total. The van der Waals surface area contributed by atoms with Crippen molar-refractivity contribution >= 4 is 37.8 Å². The van der Waals surface area contributed by atoms with E-state index in [2.05, 4.69) is 26.1 Å². The molecule has 0 atom stereocenters. The van der Waals surface area contributed by atoms with Gasteiger partial charge >= 0.3 is 6.16 Å². The van der Waals surface area contributed by atoms with Crippen molar-refractivity contribution in [1.82, 2.24) is 4.89 Å². The fraction of sp³-hybridized carbons (Fsp3) is 0.133. The highest BCUT2D eigenvalue weighted by atomic mass is 79.9. The summed E-state index contributed by atoms with van der Waals surface area (Å²) in [5.74, 6) is 0. The number of nitrogens with one attached hydrogen (secondary N) is 2. The van der Waals surface area contributed by atoms with Gasteiger partial charge in [-0.2, -0.15) is 0 Å². The van der Waals surface area contributed by atoms with Crippen LogP contribution in [0.15, 0.2) is 64.0 Å². The summed E-state index contributed by atoms with van der Waals surface area (Å²) in [6.07, 6.45) is -1.14. The molecule has 0 aliphatic heterocycles. The Kier molecular flexibility index (Phi) is 6.59. The summed E-state index contributed by atoms with van der Waals surface area (Å²) < 4.78 is 29.1. The standard InChI is InChI=1S/C15H15BrN2O5S/c16-13-8-4-5-9-14(13)24(20,21)18-23-15(19)22-11-10-17-12-6-2-1-3-7-12/h1-9,17-18H,10-11H2. The molecule has 2 aromatic rings. The van der Waals surface area contributed by atoms with Crippen LogP contribution in [0.4, 0.5) is 10.5 Å². The molecule has 0 aliphatic carbocycles. The van der Waals surface area contributed by atoms with Crippen molar-refractivity contribution in [3.63, 3.8) is 0 Å². The van der Waals surface area contributed by atoms with Crippen molar-refractivity contribution in [1.29, 1.82) is 0 Å². The summed E-state index contributed by atoms with van der Waals surface area (Å²) in [4.78, 5) is 17.5. The number of sulfonamides is 1. The molecule has 2 rings (SSSR count). The average Bonchev–Trinajstić information content (AvgIpc) is 2.58. The molecule has 24 heavy (non-hydrogen) atoms. The number of halogens is 1. The molecule has 0 bridgehead atoms. The van der Waals surface area contributed by atoms with Crippen LogP contribution in [-0.4, -0.2) is 27.7 Å². The second kappa shape index (κ2) is 8.67. The molecule has 0 amide bonds. The molecule has 0 saturated carbocycles. The van der Waals surface area contributed by atoms with Gasteiger partial charge in [-0.25, -0.2) is 13.2 Å². The van der Waals surface area contributed by atoms with Gasteiger partial charge in [-0.05, 0) is 45.1 Å². The van der Waals surface area contributed by atoms with E-state index in [0.29, 0.717) is 11.0 Å². The van der Waals surface area contributed by atoms with Crippen LogP contribution in [0.2, 0.25) is 0 Å². The minimum absolute atomic E-state index is 0.0183. The van der Waals surface area contributed by atoms with Gasteiger partial charge < -0.3 is 14.9 Å². The Balaban J connectivity index is 1.74. The van der Waals surface area contributed by atoms with Gasteiger partial charge in [-0.3, -0.25) is 0 Å². The van der Waals surface area contributed by atoms with Gasteiger partial charge in [0.05, 0.1) is 4.90 Å². The average molecular weight is 415 g/mol. The first kappa shape index (κ1) is 18.2. The van der Waals surface area contributed by atoms with Crippen LogP contribution < -0.4 is 10.2 Å². The van der Waals surface area contributed by atoms with Gasteiger partial charge in [-0.15, -0.1) is 0 Å². The zero-order chi connectivity index (χ0) is 17.4. The number of para-hydroxylation sites is 1. The van der Waals surface area contributed by atoms with Gasteiger partial charge in [0.2, 0.25) is 0 Å². The number of carbonyl (C=O) groups excluding carboxylic acids is 1. The van der Waals surface area contributed by atoms with Crippen molar-refractivity contribution in [2.24, 2.45) is 0 Å². The van der Waals surface area contributed by atoms with Gasteiger partial charge in [-0.1, -0.05) is 30.3 Å². The summed E-state index contributed by atoms with van der Waals surface area (Å²) in [7, 11) is -4.00. The minimum atomic E-state index is -4.00. The summed E-state index contributed by atoms with van der Waals surface area (Å²) in [5.41, 5.74) is 0.879. The van der Waals surface area contributed by atoms with Crippen LogP contribution in [0.1, 0.15) is 0 Å². The largest absolute Gasteiger partial charge is 0.528 e. The lowest BCUT2D eigenvalue weighted by molar-refractivity contribution is 0.0418. The first-order chi connectivity index (χ1) is 11.5. The van der Waals surface area contributed by atoms with Gasteiger partial charge in [0.25, 0.3) is 10.0 Å². The smallest absolute Gasteiger partial charge is 0.431 e. The number of hydrogen-bond acceptors (Lipinski definition) is 6. The highest BCUT2D eigenvalue weighted by Gasteiger charge is 2.19. The Bertz CT molecular complexity index is 783. The van der Waals surface area contributed by atoms with E-state index in [1.807, 2.05) is 30.3 Å². The van der Waals surface area contributed by atoms with Crippen molar-refractivity contribution in [2.45, 2.75) is 4.90 Å². The lowest BCUT2D eigenvalue weighted by atomic mass is 10.3. The van der Waals surface area contributed by atoms with Crippen molar-refractivity contribution in [3.8, 4) is 0 Å². The maximum absolute atomic E-state index is 12.0. The van der Waals surface area contributed by atoms with Crippen LogP contribution in [0.5, 0.6) is 0 Å². The van der Waals surface area contributed by atoms with Crippen molar-refractivity contribution < 1.29 is 22.8 Å². The van der Waals surface area contributed by atoms with Crippen LogP contribution in [0.25, 0.3) is 0 Å². The molecule has 0 radical (unpaired) electrons. The second-order valence-electron chi connectivity index (χ2n) is 4.51. The zero-order valence-corrected chi connectivity index (χ0v) is 14.8. The number of benzene rings is 2. The van der Waals surface area contributed by atoms with E-state index in [1.165, 1.54) is 6.07 Å². The highest BCUT2D eigenvalue weighted by Crippen LogP contribution is 2.20. The summed E-state index contributed by atoms with van der Waals surface area (Å²) in [6.45, 7) is 0.376. The second-order valence-corrected chi connectivity index (χ2v) is 6.98. The number of hydrogen-bond donors (Lipinski definition) is 2. The number of carbonyl (C=O) groups is 1. The molecule has 7 nitrogen and oxygen atoms in total. The van der Waals surface area contributed by atoms with Crippen LogP contribution in [0.3, 0.4) is 0 Å². The SMILES string of the molecule is O=C(OCCNc1ccccc1)ONS(=O)(=O)c1ccccc1Br. The Labute approximate surface area is 148 Å². The summed E-state index contributed by atoms with van der Waals surface area (Å²) >= 11 is 3.11. The first-order valence-corrected chi connectivity index (χ1v) is 9.15. The van der Waals surface area contributed by atoms with Crippen LogP contribution in [-0.2, 0) is 19.6 Å². The van der Waals surface area contributed by atoms with E-state index in [1.54, 1.807) is 23.1 Å². The summed E-state index contributed by atoms with van der Waals surface area (Å²) in [5, 5.41) is 3.03. The molecule has 0 fully saturated rings. The molecule has 0 aromatic heterocycles. The monoisotopic (exact) mass is 414 g/mol. The molecule has 0 unspecified atom stereocenters. The quantitative estimate of drug-likeness (QED) is 0.410. The molecule has 128 valence electrons. The molecule has 0 spiro atoms. The van der Waals surface area contributed by atoms with Gasteiger partial charge in [0.15, 0.2) is 0 Å². The minimum Gasteiger partial charge on any atom is -0.431 e. The Morgan fingerprint density at radius 1 is 1.04 bits per heavy atom. The Morgan fingerprint density at radius 3 is 2.42 bits per heavy atom. The van der Waals surface area contributed by atoms with Crippen LogP contribution in [0, 0.1) is 0 Å². The fourth-order valence-corrected chi connectivity index (χ4v) is 3.49. The molecular weight excluding hydrogens is 400 g/mol. The van der Waals surface area contributed by atoms with E-state index < -0.39 is 16.2 Å². The predicted octanol–water partition coefficient (Wildman–Crippen LogP) is 2.91. The first-order valence-electron chi connectivity index (χ1n) is 6.88. The Morgan fingerprint density at radius 2 is 1.71 bits per heavy atom. The third kappa shape index (κ3) is 5.52. The van der Waals surface area contributed by atoms with E-state index in [-0.39, 0.29) is 11.5 Å². The molecule has 9 heteroatoms. The van der Waals surface area contributed by atoms with E-state index in [9.17, 15) is 13.2 Å².